The first kappa shape index (κ1) is 19.8. The lowest BCUT2D eigenvalue weighted by molar-refractivity contribution is 0.0494. The van der Waals surface area contributed by atoms with Gasteiger partial charge >= 0.3 is 5.97 Å². The maximum absolute atomic E-state index is 12.1. The number of ketones is 1. The normalized spacial score (nSPS) is 10.6. The Balaban J connectivity index is 1.42. The lowest BCUT2D eigenvalue weighted by Crippen LogP contribution is -2.08. The lowest BCUT2D eigenvalue weighted by Gasteiger charge is -2.07. The average molecular weight is 399 g/mol. The first-order valence-corrected chi connectivity index (χ1v) is 9.81. The van der Waals surface area contributed by atoms with E-state index in [-0.39, 0.29) is 12.4 Å². The summed E-state index contributed by atoms with van der Waals surface area (Å²) in [5.74, 6) is 1.03. The summed E-state index contributed by atoms with van der Waals surface area (Å²) in [6, 6.07) is 10.4. The van der Waals surface area contributed by atoms with Gasteiger partial charge in [-0.1, -0.05) is 11.2 Å². The number of carbonyl (C=O) groups excluding carboxylic acids is 2. The molecule has 0 amide bonds. The zero-order valence-electron chi connectivity index (χ0n) is 15.8. The van der Waals surface area contributed by atoms with Crippen LogP contribution >= 0.6 is 11.3 Å². The Morgan fingerprint density at radius 1 is 1.14 bits per heavy atom. The molecule has 0 aliphatic heterocycles. The van der Waals surface area contributed by atoms with Crippen LogP contribution in [0.3, 0.4) is 0 Å². The average Bonchev–Trinajstić information content (AvgIpc) is 3.34. The highest BCUT2D eigenvalue weighted by molar-refractivity contribution is 7.12. The van der Waals surface area contributed by atoms with Gasteiger partial charge in [0, 0.05) is 6.42 Å². The Kier molecular flexibility index (Phi) is 6.60. The number of nitrogens with zero attached hydrogens (tertiary/aromatic N) is 1. The molecule has 0 aliphatic carbocycles. The van der Waals surface area contributed by atoms with Crippen molar-refractivity contribution in [3.05, 3.63) is 69.2 Å². The third-order valence-electron chi connectivity index (χ3n) is 4.23. The smallest absolute Gasteiger partial charge is 0.338 e. The Labute approximate surface area is 167 Å². The van der Waals surface area contributed by atoms with Gasteiger partial charge in [0.1, 0.15) is 18.1 Å². The molecule has 6 nitrogen and oxygen atoms in total. The number of esters is 1. The van der Waals surface area contributed by atoms with Crippen molar-refractivity contribution in [1.29, 1.82) is 0 Å². The molecule has 2 heterocycles. The maximum Gasteiger partial charge on any atom is 0.338 e. The highest BCUT2D eigenvalue weighted by Gasteiger charge is 2.11. The minimum absolute atomic E-state index is 0.0749. The van der Waals surface area contributed by atoms with Crippen molar-refractivity contribution in [3.8, 4) is 5.75 Å². The third kappa shape index (κ3) is 5.07. The first-order valence-electron chi connectivity index (χ1n) is 8.93. The molecular weight excluding hydrogens is 378 g/mol. The molecule has 3 aromatic rings. The number of Topliss-reactive ketones (excluding diaryl/α,β-unsaturated/α-hetero) is 1. The quantitative estimate of drug-likeness (QED) is 0.293. The molecule has 28 heavy (non-hydrogen) atoms. The van der Waals surface area contributed by atoms with E-state index >= 15 is 0 Å². The fourth-order valence-electron chi connectivity index (χ4n) is 2.59. The van der Waals surface area contributed by atoms with E-state index in [2.05, 4.69) is 5.16 Å². The van der Waals surface area contributed by atoms with Crippen LogP contribution in [0.15, 0.2) is 46.3 Å². The molecule has 0 N–H and O–H groups in total. The summed E-state index contributed by atoms with van der Waals surface area (Å²) < 4.78 is 16.1. The van der Waals surface area contributed by atoms with Gasteiger partial charge in [-0.15, -0.1) is 11.3 Å². The Morgan fingerprint density at radius 2 is 1.93 bits per heavy atom. The van der Waals surface area contributed by atoms with Crippen LogP contribution in [0, 0.1) is 13.8 Å². The van der Waals surface area contributed by atoms with Gasteiger partial charge in [0.25, 0.3) is 0 Å². The van der Waals surface area contributed by atoms with Gasteiger partial charge in [-0.3, -0.25) is 4.79 Å². The van der Waals surface area contributed by atoms with Gasteiger partial charge in [0.05, 0.1) is 28.3 Å². The molecule has 0 saturated heterocycles. The summed E-state index contributed by atoms with van der Waals surface area (Å²) in [6.45, 7) is 4.26. The number of thiophene rings is 1. The fraction of sp³-hybridized carbons (Fsp3) is 0.286. The molecule has 0 radical (unpaired) electrons. The molecule has 0 fully saturated rings. The summed E-state index contributed by atoms with van der Waals surface area (Å²) >= 11 is 1.42. The number of hydrogen-bond acceptors (Lipinski definition) is 7. The molecule has 0 unspecified atom stereocenters. The van der Waals surface area contributed by atoms with E-state index in [1.807, 2.05) is 25.3 Å². The van der Waals surface area contributed by atoms with E-state index in [0.717, 1.165) is 21.9 Å². The molecular formula is C21H21NO5S. The van der Waals surface area contributed by atoms with Gasteiger partial charge in [0.15, 0.2) is 5.78 Å². The molecule has 0 bridgehead atoms. The van der Waals surface area contributed by atoms with Crippen molar-refractivity contribution >= 4 is 23.1 Å². The number of aryl methyl sites for hydroxylation is 2. The highest BCUT2D eigenvalue weighted by atomic mass is 32.1. The Hall–Kier alpha value is -2.93. The van der Waals surface area contributed by atoms with Gasteiger partial charge in [-0.05, 0) is 56.0 Å². The zero-order chi connectivity index (χ0) is 19.9. The van der Waals surface area contributed by atoms with Crippen molar-refractivity contribution in [2.24, 2.45) is 0 Å². The SMILES string of the molecule is Cc1noc(C)c1COc1ccc(C(=O)OCCCC(=O)c2cccs2)cc1. The lowest BCUT2D eigenvalue weighted by atomic mass is 10.2. The monoisotopic (exact) mass is 399 g/mol. The Bertz CT molecular complexity index is 909. The minimum Gasteiger partial charge on any atom is -0.489 e. The summed E-state index contributed by atoms with van der Waals surface area (Å²) in [4.78, 5) is 24.7. The number of carbonyl (C=O) groups is 2. The number of rotatable bonds is 9. The standard InChI is InChI=1S/C21H21NO5S/c1-14-18(15(2)27-22-14)13-26-17-9-7-16(8-10-17)21(24)25-11-3-5-19(23)20-6-4-12-28-20/h4,6-10,12H,3,5,11,13H2,1-2H3. The second-order valence-electron chi connectivity index (χ2n) is 6.26. The molecule has 7 heteroatoms. The number of hydrogen-bond donors (Lipinski definition) is 0. The summed E-state index contributed by atoms with van der Waals surface area (Å²) in [5, 5.41) is 5.76. The first-order chi connectivity index (χ1) is 13.5. The van der Waals surface area contributed by atoms with Crippen molar-refractivity contribution < 1.29 is 23.6 Å². The molecule has 3 rings (SSSR count). The van der Waals surface area contributed by atoms with Crippen LogP contribution in [-0.4, -0.2) is 23.5 Å². The van der Waals surface area contributed by atoms with Crippen LogP contribution in [0.4, 0.5) is 0 Å². The Morgan fingerprint density at radius 3 is 2.57 bits per heavy atom. The predicted molar refractivity (Wildman–Crippen MR) is 105 cm³/mol. The van der Waals surface area contributed by atoms with Crippen LogP contribution in [0.2, 0.25) is 0 Å². The van der Waals surface area contributed by atoms with E-state index < -0.39 is 5.97 Å². The maximum atomic E-state index is 12.1. The molecule has 146 valence electrons. The topological polar surface area (TPSA) is 78.6 Å². The van der Waals surface area contributed by atoms with E-state index in [1.165, 1.54) is 11.3 Å². The highest BCUT2D eigenvalue weighted by Crippen LogP contribution is 2.18. The van der Waals surface area contributed by atoms with E-state index in [4.69, 9.17) is 14.0 Å². The molecule has 0 saturated carbocycles. The van der Waals surface area contributed by atoms with Crippen molar-refractivity contribution in [1.82, 2.24) is 5.16 Å². The minimum atomic E-state index is -0.416. The van der Waals surface area contributed by atoms with Crippen LogP contribution in [0.25, 0.3) is 0 Å². The van der Waals surface area contributed by atoms with Crippen molar-refractivity contribution in [2.45, 2.75) is 33.3 Å². The van der Waals surface area contributed by atoms with Crippen LogP contribution < -0.4 is 4.74 Å². The van der Waals surface area contributed by atoms with Gasteiger partial charge < -0.3 is 14.0 Å². The second kappa shape index (κ2) is 9.32. The second-order valence-corrected chi connectivity index (χ2v) is 7.20. The van der Waals surface area contributed by atoms with E-state index in [1.54, 1.807) is 30.3 Å². The van der Waals surface area contributed by atoms with Gasteiger partial charge in [-0.25, -0.2) is 4.79 Å². The molecule has 1 aromatic carbocycles. The molecule has 0 atom stereocenters. The predicted octanol–water partition coefficient (Wildman–Crippen LogP) is 4.75. The van der Waals surface area contributed by atoms with Gasteiger partial charge in [-0.2, -0.15) is 0 Å². The van der Waals surface area contributed by atoms with Crippen LogP contribution in [0.5, 0.6) is 5.75 Å². The third-order valence-corrected chi connectivity index (χ3v) is 5.14. The van der Waals surface area contributed by atoms with E-state index in [9.17, 15) is 9.59 Å². The summed E-state index contributed by atoms with van der Waals surface area (Å²) in [7, 11) is 0. The van der Waals surface area contributed by atoms with Crippen molar-refractivity contribution in [2.75, 3.05) is 6.61 Å². The molecule has 0 spiro atoms. The number of ether oxygens (including phenoxy) is 2. The summed E-state index contributed by atoms with van der Waals surface area (Å²) in [6.07, 6.45) is 0.864. The summed E-state index contributed by atoms with van der Waals surface area (Å²) in [5.41, 5.74) is 2.16. The van der Waals surface area contributed by atoms with E-state index in [0.29, 0.717) is 30.8 Å². The van der Waals surface area contributed by atoms with Crippen molar-refractivity contribution in [3.63, 3.8) is 0 Å². The fourth-order valence-corrected chi connectivity index (χ4v) is 3.29. The van der Waals surface area contributed by atoms with Crippen LogP contribution in [-0.2, 0) is 11.3 Å². The van der Waals surface area contributed by atoms with Crippen LogP contribution in [0.1, 0.15) is 49.9 Å². The zero-order valence-corrected chi connectivity index (χ0v) is 16.6. The largest absolute Gasteiger partial charge is 0.489 e. The molecule has 2 aromatic heterocycles. The van der Waals surface area contributed by atoms with Gasteiger partial charge in [0.2, 0.25) is 0 Å². The number of benzene rings is 1. The molecule has 0 aliphatic rings. The number of aromatic nitrogens is 1.